The van der Waals surface area contributed by atoms with Crippen molar-refractivity contribution >= 4 is 17.3 Å². The molecule has 0 saturated carbocycles. The minimum atomic E-state index is -0.554. The van der Waals surface area contributed by atoms with E-state index in [2.05, 4.69) is 4.98 Å². The monoisotopic (exact) mass is 279 g/mol. The number of ether oxygens (including phenoxy) is 1. The molecule has 0 aliphatic rings. The Morgan fingerprint density at radius 1 is 1.37 bits per heavy atom. The van der Waals surface area contributed by atoms with Gasteiger partial charge in [0.1, 0.15) is 5.75 Å². The molecule has 0 atom stereocenters. The number of rotatable bonds is 4. The van der Waals surface area contributed by atoms with Gasteiger partial charge in [0.25, 0.3) is 0 Å². The smallest absolute Gasteiger partial charge is 0.313 e. The average Bonchev–Trinajstić information content (AvgIpc) is 2.41. The Morgan fingerprint density at radius 2 is 2.16 bits per heavy atom. The minimum absolute atomic E-state index is 0.102. The third kappa shape index (κ3) is 3.18. The SMILES string of the molecule is NCc1cncc(Oc2ccc(Cl)cc2[N+](=O)[O-])c1. The molecule has 0 fully saturated rings. The van der Waals surface area contributed by atoms with Crippen molar-refractivity contribution in [1.82, 2.24) is 4.98 Å². The molecule has 0 spiro atoms. The molecular formula is C12H10ClN3O3. The number of nitrogens with two attached hydrogens (primary N) is 1. The fraction of sp³-hybridized carbons (Fsp3) is 0.0833. The molecule has 0 unspecified atom stereocenters. The molecule has 1 aromatic heterocycles. The van der Waals surface area contributed by atoms with Crippen LogP contribution < -0.4 is 10.5 Å². The van der Waals surface area contributed by atoms with Gasteiger partial charge in [0.15, 0.2) is 0 Å². The third-order valence-corrected chi connectivity index (χ3v) is 2.59. The van der Waals surface area contributed by atoms with Crippen molar-refractivity contribution in [2.24, 2.45) is 5.73 Å². The lowest BCUT2D eigenvalue weighted by molar-refractivity contribution is -0.385. The van der Waals surface area contributed by atoms with Gasteiger partial charge >= 0.3 is 5.69 Å². The second-order valence-corrected chi connectivity index (χ2v) is 4.14. The maximum Gasteiger partial charge on any atom is 0.313 e. The summed E-state index contributed by atoms with van der Waals surface area (Å²) in [6, 6.07) is 5.86. The molecule has 2 rings (SSSR count). The van der Waals surface area contributed by atoms with Gasteiger partial charge in [-0.2, -0.15) is 0 Å². The van der Waals surface area contributed by atoms with Gasteiger partial charge in [-0.1, -0.05) is 11.6 Å². The van der Waals surface area contributed by atoms with Crippen molar-refractivity contribution in [2.45, 2.75) is 6.54 Å². The summed E-state index contributed by atoms with van der Waals surface area (Å²) >= 11 is 5.72. The molecule has 2 N–H and O–H groups in total. The maximum absolute atomic E-state index is 10.9. The van der Waals surface area contributed by atoms with Gasteiger partial charge in [-0.3, -0.25) is 15.1 Å². The minimum Gasteiger partial charge on any atom is -0.448 e. The Balaban J connectivity index is 2.34. The zero-order chi connectivity index (χ0) is 13.8. The summed E-state index contributed by atoms with van der Waals surface area (Å²) in [5.41, 5.74) is 6.06. The standard InChI is InChI=1S/C12H10ClN3O3/c13-9-1-2-12(11(4-9)16(17)18)19-10-3-8(5-14)6-15-7-10/h1-4,6-7H,5,14H2. The Kier molecular flexibility index (Phi) is 3.94. The molecule has 6 nitrogen and oxygen atoms in total. The second-order valence-electron chi connectivity index (χ2n) is 3.70. The second kappa shape index (κ2) is 5.64. The van der Waals surface area contributed by atoms with Crippen LogP contribution in [-0.2, 0) is 6.54 Å². The van der Waals surface area contributed by atoms with Crippen LogP contribution in [0, 0.1) is 10.1 Å². The van der Waals surface area contributed by atoms with E-state index in [1.54, 1.807) is 12.3 Å². The number of nitro benzene ring substituents is 1. The highest BCUT2D eigenvalue weighted by molar-refractivity contribution is 6.30. The van der Waals surface area contributed by atoms with Gasteiger partial charge in [-0.15, -0.1) is 0 Å². The molecule has 1 aromatic carbocycles. The number of benzene rings is 1. The summed E-state index contributed by atoms with van der Waals surface area (Å²) in [5, 5.41) is 11.2. The van der Waals surface area contributed by atoms with E-state index in [0.29, 0.717) is 12.3 Å². The van der Waals surface area contributed by atoms with E-state index < -0.39 is 4.92 Å². The van der Waals surface area contributed by atoms with Crippen LogP contribution in [0.4, 0.5) is 5.69 Å². The first-order chi connectivity index (χ1) is 9.10. The van der Waals surface area contributed by atoms with Crippen LogP contribution in [0.2, 0.25) is 5.02 Å². The van der Waals surface area contributed by atoms with Crippen molar-refractivity contribution in [3.63, 3.8) is 0 Å². The number of nitrogens with zero attached hydrogens (tertiary/aromatic N) is 2. The first kappa shape index (κ1) is 13.3. The van der Waals surface area contributed by atoms with Crippen LogP contribution >= 0.6 is 11.6 Å². The quantitative estimate of drug-likeness (QED) is 0.686. The molecule has 7 heteroatoms. The summed E-state index contributed by atoms with van der Waals surface area (Å²) in [6.45, 7) is 0.312. The molecule has 98 valence electrons. The number of hydrogen-bond acceptors (Lipinski definition) is 5. The number of halogens is 1. The maximum atomic E-state index is 10.9. The molecule has 0 saturated heterocycles. The molecule has 0 amide bonds. The Bertz CT molecular complexity index is 619. The lowest BCUT2D eigenvalue weighted by Gasteiger charge is -2.07. The zero-order valence-electron chi connectivity index (χ0n) is 9.75. The Morgan fingerprint density at radius 3 is 2.84 bits per heavy atom. The first-order valence-electron chi connectivity index (χ1n) is 5.36. The summed E-state index contributed by atoms with van der Waals surface area (Å²) in [6.07, 6.45) is 3.06. The molecule has 0 radical (unpaired) electrons. The van der Waals surface area contributed by atoms with Gasteiger partial charge in [0.05, 0.1) is 11.1 Å². The highest BCUT2D eigenvalue weighted by Gasteiger charge is 2.16. The van der Waals surface area contributed by atoms with Gasteiger partial charge in [0.2, 0.25) is 5.75 Å². The highest BCUT2D eigenvalue weighted by atomic mass is 35.5. The summed E-state index contributed by atoms with van der Waals surface area (Å²) in [7, 11) is 0. The molecule has 0 aliphatic heterocycles. The van der Waals surface area contributed by atoms with Crippen LogP contribution in [-0.4, -0.2) is 9.91 Å². The van der Waals surface area contributed by atoms with E-state index in [1.807, 2.05) is 0 Å². The van der Waals surface area contributed by atoms with Crippen molar-refractivity contribution in [3.05, 3.63) is 57.4 Å². The fourth-order valence-electron chi connectivity index (χ4n) is 1.48. The largest absolute Gasteiger partial charge is 0.448 e. The lowest BCUT2D eigenvalue weighted by atomic mass is 10.2. The van der Waals surface area contributed by atoms with Gasteiger partial charge in [-0.25, -0.2) is 0 Å². The van der Waals surface area contributed by atoms with E-state index in [1.165, 1.54) is 24.4 Å². The zero-order valence-corrected chi connectivity index (χ0v) is 10.5. The van der Waals surface area contributed by atoms with Crippen LogP contribution in [0.15, 0.2) is 36.7 Å². The predicted octanol–water partition coefficient (Wildman–Crippen LogP) is 2.89. The first-order valence-corrected chi connectivity index (χ1v) is 5.73. The van der Waals surface area contributed by atoms with Crippen LogP contribution in [0.5, 0.6) is 11.5 Å². The summed E-state index contributed by atoms with van der Waals surface area (Å²) < 4.78 is 5.45. The van der Waals surface area contributed by atoms with E-state index >= 15 is 0 Å². The number of pyridine rings is 1. The molecule has 0 aliphatic carbocycles. The molecular weight excluding hydrogens is 270 g/mol. The predicted molar refractivity (Wildman–Crippen MR) is 70.3 cm³/mol. The van der Waals surface area contributed by atoms with Gasteiger partial charge < -0.3 is 10.5 Å². The highest BCUT2D eigenvalue weighted by Crippen LogP contribution is 2.33. The summed E-state index contributed by atoms with van der Waals surface area (Å²) in [5.74, 6) is 0.485. The fourth-order valence-corrected chi connectivity index (χ4v) is 1.64. The van der Waals surface area contributed by atoms with Gasteiger partial charge in [0, 0.05) is 23.8 Å². The average molecular weight is 280 g/mol. The topological polar surface area (TPSA) is 91.3 Å². The van der Waals surface area contributed by atoms with Crippen molar-refractivity contribution < 1.29 is 9.66 Å². The third-order valence-electron chi connectivity index (χ3n) is 2.35. The van der Waals surface area contributed by atoms with Crippen LogP contribution in [0.1, 0.15) is 5.56 Å². The van der Waals surface area contributed by atoms with E-state index in [9.17, 15) is 10.1 Å². The molecule has 0 bridgehead atoms. The lowest BCUT2D eigenvalue weighted by Crippen LogP contribution is -1.98. The molecule has 19 heavy (non-hydrogen) atoms. The van der Waals surface area contributed by atoms with E-state index in [4.69, 9.17) is 22.1 Å². The molecule has 2 aromatic rings. The number of nitro groups is 1. The van der Waals surface area contributed by atoms with Crippen LogP contribution in [0.3, 0.4) is 0 Å². The Hall–Kier alpha value is -2.18. The van der Waals surface area contributed by atoms with Crippen molar-refractivity contribution in [3.8, 4) is 11.5 Å². The molecule has 1 heterocycles. The van der Waals surface area contributed by atoms with Gasteiger partial charge in [-0.05, 0) is 23.8 Å². The number of aromatic nitrogens is 1. The van der Waals surface area contributed by atoms with E-state index in [-0.39, 0.29) is 16.5 Å². The normalized spacial score (nSPS) is 10.2. The number of hydrogen-bond donors (Lipinski definition) is 1. The van der Waals surface area contributed by atoms with Crippen molar-refractivity contribution in [1.29, 1.82) is 0 Å². The van der Waals surface area contributed by atoms with Crippen LogP contribution in [0.25, 0.3) is 0 Å². The Labute approximate surface area is 113 Å². The summed E-state index contributed by atoms with van der Waals surface area (Å²) in [4.78, 5) is 14.3. The van der Waals surface area contributed by atoms with Crippen molar-refractivity contribution in [2.75, 3.05) is 0 Å². The van der Waals surface area contributed by atoms with E-state index in [0.717, 1.165) is 5.56 Å².